The van der Waals surface area contributed by atoms with Crippen LogP contribution in [0.5, 0.6) is 0 Å². The van der Waals surface area contributed by atoms with Crippen molar-refractivity contribution in [3.05, 3.63) is 24.0 Å². The Morgan fingerprint density at radius 3 is 2.71 bits per heavy atom. The van der Waals surface area contributed by atoms with E-state index in [0.717, 1.165) is 25.7 Å². The second-order valence-corrected chi connectivity index (χ2v) is 6.45. The highest BCUT2D eigenvalue weighted by molar-refractivity contribution is 5.94. The highest BCUT2D eigenvalue weighted by atomic mass is 19.1. The first kappa shape index (κ1) is 15.8. The average molecular weight is 294 g/mol. The van der Waals surface area contributed by atoms with Crippen LogP contribution in [0.15, 0.2) is 18.2 Å². The minimum absolute atomic E-state index is 0.00190. The molecule has 0 heterocycles. The van der Waals surface area contributed by atoms with Crippen LogP contribution in [-0.4, -0.2) is 18.6 Å². The molecule has 0 aromatic heterocycles. The van der Waals surface area contributed by atoms with Crippen molar-refractivity contribution in [1.82, 2.24) is 0 Å². The molecule has 0 aliphatic heterocycles. The standard InChI is InChI=1S/C16H23FN2O2/c1-16(2)7-5-12(6-8-16)21-10-15(20)19-14-4-3-11(17)9-13(14)18/h3-4,9,12H,5-8,10,18H2,1-2H3,(H,19,20). The third-order valence-corrected chi connectivity index (χ3v) is 4.02. The molecule has 1 saturated carbocycles. The van der Waals surface area contributed by atoms with Crippen molar-refractivity contribution in [3.63, 3.8) is 0 Å². The van der Waals surface area contributed by atoms with Gasteiger partial charge in [-0.05, 0) is 49.3 Å². The van der Waals surface area contributed by atoms with Crippen molar-refractivity contribution in [2.45, 2.75) is 45.6 Å². The van der Waals surface area contributed by atoms with Gasteiger partial charge in [-0.25, -0.2) is 4.39 Å². The molecule has 4 nitrogen and oxygen atoms in total. The molecule has 1 amide bonds. The lowest BCUT2D eigenvalue weighted by Gasteiger charge is -2.34. The number of benzene rings is 1. The van der Waals surface area contributed by atoms with E-state index in [2.05, 4.69) is 19.2 Å². The van der Waals surface area contributed by atoms with Crippen LogP contribution in [0.4, 0.5) is 15.8 Å². The van der Waals surface area contributed by atoms with Crippen LogP contribution in [0.3, 0.4) is 0 Å². The molecule has 5 heteroatoms. The number of halogens is 1. The normalized spacial score (nSPS) is 18.4. The van der Waals surface area contributed by atoms with Crippen molar-refractivity contribution in [2.75, 3.05) is 17.7 Å². The molecular formula is C16H23FN2O2. The molecule has 2 rings (SSSR count). The van der Waals surface area contributed by atoms with Gasteiger partial charge in [-0.15, -0.1) is 0 Å². The van der Waals surface area contributed by atoms with Crippen molar-refractivity contribution in [3.8, 4) is 0 Å². The van der Waals surface area contributed by atoms with Gasteiger partial charge < -0.3 is 15.8 Å². The van der Waals surface area contributed by atoms with Gasteiger partial charge in [-0.2, -0.15) is 0 Å². The minimum atomic E-state index is -0.424. The van der Waals surface area contributed by atoms with Gasteiger partial charge in [0.1, 0.15) is 12.4 Å². The Labute approximate surface area is 124 Å². The van der Waals surface area contributed by atoms with E-state index in [9.17, 15) is 9.18 Å². The van der Waals surface area contributed by atoms with Crippen LogP contribution in [0.1, 0.15) is 39.5 Å². The van der Waals surface area contributed by atoms with Gasteiger partial charge in [0.15, 0.2) is 0 Å². The number of rotatable bonds is 4. The fourth-order valence-corrected chi connectivity index (χ4v) is 2.57. The number of nitrogens with two attached hydrogens (primary N) is 1. The van der Waals surface area contributed by atoms with Gasteiger partial charge in [-0.1, -0.05) is 13.8 Å². The van der Waals surface area contributed by atoms with E-state index in [4.69, 9.17) is 10.5 Å². The van der Waals surface area contributed by atoms with E-state index >= 15 is 0 Å². The number of carbonyl (C=O) groups is 1. The van der Waals surface area contributed by atoms with E-state index in [0.29, 0.717) is 11.1 Å². The quantitative estimate of drug-likeness (QED) is 0.837. The van der Waals surface area contributed by atoms with Crippen molar-refractivity contribution in [1.29, 1.82) is 0 Å². The van der Waals surface area contributed by atoms with Crippen molar-refractivity contribution >= 4 is 17.3 Å². The van der Waals surface area contributed by atoms with Gasteiger partial charge in [0.25, 0.3) is 0 Å². The summed E-state index contributed by atoms with van der Waals surface area (Å²) in [4.78, 5) is 11.8. The first-order valence-corrected chi connectivity index (χ1v) is 7.32. The minimum Gasteiger partial charge on any atom is -0.397 e. The van der Waals surface area contributed by atoms with Gasteiger partial charge in [0.2, 0.25) is 5.91 Å². The second kappa shape index (κ2) is 6.43. The van der Waals surface area contributed by atoms with E-state index in [1.54, 1.807) is 0 Å². The lowest BCUT2D eigenvalue weighted by atomic mass is 9.76. The molecule has 1 aliphatic rings. The molecular weight excluding hydrogens is 271 g/mol. The Hall–Kier alpha value is -1.62. The Balaban J connectivity index is 1.78. The van der Waals surface area contributed by atoms with Crippen LogP contribution < -0.4 is 11.1 Å². The summed E-state index contributed by atoms with van der Waals surface area (Å²) in [7, 11) is 0. The van der Waals surface area contributed by atoms with E-state index in [-0.39, 0.29) is 24.3 Å². The molecule has 0 spiro atoms. The predicted octanol–water partition coefficient (Wildman–Crippen LogP) is 3.33. The topological polar surface area (TPSA) is 64.3 Å². The summed E-state index contributed by atoms with van der Waals surface area (Å²) < 4.78 is 18.6. The summed E-state index contributed by atoms with van der Waals surface area (Å²) in [5.74, 6) is -0.690. The Morgan fingerprint density at radius 2 is 2.10 bits per heavy atom. The maximum absolute atomic E-state index is 12.9. The van der Waals surface area contributed by atoms with Crippen LogP contribution in [0.25, 0.3) is 0 Å². The zero-order valence-corrected chi connectivity index (χ0v) is 12.6. The number of amides is 1. The van der Waals surface area contributed by atoms with Crippen LogP contribution in [-0.2, 0) is 9.53 Å². The predicted molar refractivity (Wildman–Crippen MR) is 81.4 cm³/mol. The average Bonchev–Trinajstić information content (AvgIpc) is 2.41. The van der Waals surface area contributed by atoms with E-state index < -0.39 is 5.82 Å². The summed E-state index contributed by atoms with van der Waals surface area (Å²) in [6, 6.07) is 3.89. The van der Waals surface area contributed by atoms with Gasteiger partial charge >= 0.3 is 0 Å². The van der Waals surface area contributed by atoms with Crippen LogP contribution in [0.2, 0.25) is 0 Å². The summed E-state index contributed by atoms with van der Waals surface area (Å²) >= 11 is 0. The van der Waals surface area contributed by atoms with Crippen molar-refractivity contribution in [2.24, 2.45) is 5.41 Å². The van der Waals surface area contributed by atoms with Gasteiger partial charge in [0.05, 0.1) is 17.5 Å². The van der Waals surface area contributed by atoms with Crippen LogP contribution >= 0.6 is 0 Å². The molecule has 116 valence electrons. The number of anilines is 2. The van der Waals surface area contributed by atoms with E-state index in [1.165, 1.54) is 18.2 Å². The molecule has 1 aliphatic carbocycles. The maximum Gasteiger partial charge on any atom is 0.250 e. The highest BCUT2D eigenvalue weighted by Crippen LogP contribution is 2.36. The first-order valence-electron chi connectivity index (χ1n) is 7.32. The molecule has 1 fully saturated rings. The Bertz CT molecular complexity index is 507. The lowest BCUT2D eigenvalue weighted by Crippen LogP contribution is -2.29. The molecule has 0 saturated heterocycles. The molecule has 1 aromatic rings. The zero-order valence-electron chi connectivity index (χ0n) is 12.6. The largest absolute Gasteiger partial charge is 0.397 e. The number of nitrogens with one attached hydrogen (secondary N) is 1. The summed E-state index contributed by atoms with van der Waals surface area (Å²) in [5.41, 5.74) is 6.65. The van der Waals surface area contributed by atoms with Gasteiger partial charge in [0, 0.05) is 0 Å². The third kappa shape index (κ3) is 4.70. The van der Waals surface area contributed by atoms with Crippen molar-refractivity contribution < 1.29 is 13.9 Å². The number of nitrogen functional groups attached to an aromatic ring is 1. The van der Waals surface area contributed by atoms with Crippen LogP contribution in [0, 0.1) is 11.2 Å². The summed E-state index contributed by atoms with van der Waals surface area (Å²) in [6.45, 7) is 4.52. The molecule has 0 atom stereocenters. The molecule has 1 aromatic carbocycles. The molecule has 0 unspecified atom stereocenters. The first-order chi connectivity index (χ1) is 9.85. The van der Waals surface area contributed by atoms with E-state index in [1.807, 2.05) is 0 Å². The smallest absolute Gasteiger partial charge is 0.250 e. The number of hydrogen-bond acceptors (Lipinski definition) is 3. The molecule has 0 radical (unpaired) electrons. The fourth-order valence-electron chi connectivity index (χ4n) is 2.57. The summed E-state index contributed by atoms with van der Waals surface area (Å²) in [5, 5.41) is 2.64. The molecule has 3 N–H and O–H groups in total. The Morgan fingerprint density at radius 1 is 1.43 bits per heavy atom. The fraction of sp³-hybridized carbons (Fsp3) is 0.562. The number of carbonyl (C=O) groups excluding carboxylic acids is 1. The third-order valence-electron chi connectivity index (χ3n) is 4.02. The van der Waals surface area contributed by atoms with Gasteiger partial charge in [-0.3, -0.25) is 4.79 Å². The monoisotopic (exact) mass is 294 g/mol. The number of ether oxygens (including phenoxy) is 1. The highest BCUT2D eigenvalue weighted by Gasteiger charge is 2.27. The molecule has 0 bridgehead atoms. The lowest BCUT2D eigenvalue weighted by molar-refractivity contribution is -0.123. The second-order valence-electron chi connectivity index (χ2n) is 6.45. The SMILES string of the molecule is CC1(C)CCC(OCC(=O)Nc2ccc(F)cc2N)CC1. The number of hydrogen-bond donors (Lipinski definition) is 2. The molecule has 21 heavy (non-hydrogen) atoms. The zero-order chi connectivity index (χ0) is 15.5. The summed E-state index contributed by atoms with van der Waals surface area (Å²) in [6.07, 6.45) is 4.35. The Kier molecular flexibility index (Phi) is 4.83. The maximum atomic E-state index is 12.9.